The lowest BCUT2D eigenvalue weighted by Crippen LogP contribution is -2.11. The second-order valence-electron chi connectivity index (χ2n) is 3.15. The van der Waals surface area contributed by atoms with Crippen LogP contribution in [0.25, 0.3) is 0 Å². The molecule has 0 heterocycles. The number of anilines is 1. The van der Waals surface area contributed by atoms with E-state index in [0.29, 0.717) is 6.07 Å². The Kier molecular flexibility index (Phi) is 2.90. The van der Waals surface area contributed by atoms with Gasteiger partial charge in [-0.05, 0) is 19.1 Å². The number of benzene rings is 1. The molecule has 0 fully saturated rings. The van der Waals surface area contributed by atoms with E-state index in [0.717, 1.165) is 13.0 Å². The Hall–Kier alpha value is -2.03. The van der Waals surface area contributed by atoms with Gasteiger partial charge in [0.1, 0.15) is 0 Å². The molecule has 0 amide bonds. The predicted octanol–water partition coefficient (Wildman–Crippen LogP) is 2.36. The summed E-state index contributed by atoms with van der Waals surface area (Å²) >= 11 is 0. The van der Waals surface area contributed by atoms with Crippen LogP contribution in [0.1, 0.15) is 28.4 Å². The van der Waals surface area contributed by atoms with Gasteiger partial charge >= 0.3 is 6.18 Å². The number of nitrogens with zero attached hydrogens (tertiary/aromatic N) is 1. The number of alkyl halides is 3. The summed E-state index contributed by atoms with van der Waals surface area (Å²) in [6, 6.07) is 2.87. The largest absolute Gasteiger partial charge is 0.417 e. The Bertz CT molecular complexity index is 486. The first-order chi connectivity index (χ1) is 7.27. The van der Waals surface area contributed by atoms with Crippen molar-refractivity contribution in [3.8, 4) is 6.07 Å². The fourth-order valence-corrected chi connectivity index (χ4v) is 1.25. The molecule has 3 nitrogen and oxygen atoms in total. The molecule has 0 spiro atoms. The maximum atomic E-state index is 12.5. The highest BCUT2D eigenvalue weighted by Crippen LogP contribution is 2.34. The van der Waals surface area contributed by atoms with Crippen molar-refractivity contribution in [3.05, 3.63) is 28.8 Å². The van der Waals surface area contributed by atoms with E-state index in [4.69, 9.17) is 11.0 Å². The smallest absolute Gasteiger partial charge is 0.398 e. The number of ketones is 1. The number of hydrogen-bond acceptors (Lipinski definition) is 3. The van der Waals surface area contributed by atoms with E-state index in [9.17, 15) is 18.0 Å². The molecule has 0 atom stereocenters. The summed E-state index contributed by atoms with van der Waals surface area (Å²) in [7, 11) is 0. The minimum atomic E-state index is -4.68. The van der Waals surface area contributed by atoms with Crippen LogP contribution in [0.2, 0.25) is 0 Å². The SMILES string of the molecule is CC(=O)c1cc(C(F)(F)F)c(C#N)cc1N. The van der Waals surface area contributed by atoms with E-state index in [1.807, 2.05) is 0 Å². The van der Waals surface area contributed by atoms with Crippen LogP contribution in [0, 0.1) is 11.3 Å². The van der Waals surface area contributed by atoms with Crippen LogP contribution in [0.5, 0.6) is 0 Å². The van der Waals surface area contributed by atoms with Gasteiger partial charge in [-0.3, -0.25) is 4.79 Å². The molecular formula is C10H7F3N2O. The molecular weight excluding hydrogens is 221 g/mol. The van der Waals surface area contributed by atoms with Crippen molar-refractivity contribution < 1.29 is 18.0 Å². The summed E-state index contributed by atoms with van der Waals surface area (Å²) < 4.78 is 37.5. The second kappa shape index (κ2) is 3.85. The van der Waals surface area contributed by atoms with Crippen LogP contribution in [0.3, 0.4) is 0 Å². The summed E-state index contributed by atoms with van der Waals surface area (Å²) in [6.45, 7) is 1.11. The van der Waals surface area contributed by atoms with Crippen LogP contribution in [-0.2, 0) is 6.18 Å². The van der Waals surface area contributed by atoms with Gasteiger partial charge in [0.2, 0.25) is 0 Å². The Labute approximate surface area is 89.3 Å². The quantitative estimate of drug-likeness (QED) is 0.592. The first kappa shape index (κ1) is 12.0. The van der Waals surface area contributed by atoms with Gasteiger partial charge in [-0.1, -0.05) is 0 Å². The van der Waals surface area contributed by atoms with E-state index in [1.54, 1.807) is 0 Å². The highest BCUT2D eigenvalue weighted by Gasteiger charge is 2.34. The molecule has 0 aliphatic rings. The standard InChI is InChI=1S/C10H7F3N2O/c1-5(16)7-3-8(10(11,12)13)6(4-14)2-9(7)15/h2-3H,15H2,1H3. The molecule has 0 saturated heterocycles. The van der Waals surface area contributed by atoms with Crippen LogP contribution in [0.15, 0.2) is 12.1 Å². The molecule has 2 N–H and O–H groups in total. The topological polar surface area (TPSA) is 66.9 Å². The molecule has 0 aliphatic heterocycles. The van der Waals surface area contributed by atoms with Gasteiger partial charge in [0.05, 0.1) is 17.2 Å². The summed E-state index contributed by atoms with van der Waals surface area (Å²) in [5.74, 6) is -0.576. The fourth-order valence-electron chi connectivity index (χ4n) is 1.25. The number of nitrogens with two attached hydrogens (primary N) is 1. The van der Waals surface area contributed by atoms with E-state index in [1.165, 1.54) is 6.07 Å². The number of rotatable bonds is 1. The van der Waals surface area contributed by atoms with E-state index in [2.05, 4.69) is 0 Å². The lowest BCUT2D eigenvalue weighted by atomic mass is 10.0. The zero-order chi connectivity index (χ0) is 12.5. The number of carbonyl (C=O) groups excluding carboxylic acids is 1. The van der Waals surface area contributed by atoms with Crippen molar-refractivity contribution in [3.63, 3.8) is 0 Å². The first-order valence-electron chi connectivity index (χ1n) is 4.19. The molecule has 84 valence electrons. The molecule has 0 aromatic heterocycles. The average Bonchev–Trinajstić information content (AvgIpc) is 2.14. The van der Waals surface area contributed by atoms with Crippen molar-refractivity contribution in [2.24, 2.45) is 0 Å². The minimum absolute atomic E-state index is 0.128. The molecule has 0 radical (unpaired) electrons. The third-order valence-corrected chi connectivity index (χ3v) is 1.99. The van der Waals surface area contributed by atoms with Crippen LogP contribution < -0.4 is 5.73 Å². The molecule has 1 rings (SSSR count). The predicted molar refractivity (Wildman–Crippen MR) is 50.6 cm³/mol. The molecule has 6 heteroatoms. The highest BCUT2D eigenvalue weighted by molar-refractivity contribution is 5.99. The van der Waals surface area contributed by atoms with Gasteiger partial charge in [0.15, 0.2) is 5.78 Å². The van der Waals surface area contributed by atoms with Crippen molar-refractivity contribution in [2.75, 3.05) is 5.73 Å². The molecule has 1 aromatic carbocycles. The normalized spacial score (nSPS) is 10.9. The molecule has 16 heavy (non-hydrogen) atoms. The summed E-state index contributed by atoms with van der Waals surface area (Å²) in [6.07, 6.45) is -4.68. The second-order valence-corrected chi connectivity index (χ2v) is 3.15. The number of carbonyl (C=O) groups is 1. The number of nitriles is 1. The Morgan fingerprint density at radius 3 is 2.38 bits per heavy atom. The number of nitrogen functional groups attached to an aromatic ring is 1. The van der Waals surface area contributed by atoms with Gasteiger partial charge in [-0.2, -0.15) is 18.4 Å². The molecule has 1 aromatic rings. The minimum Gasteiger partial charge on any atom is -0.398 e. The first-order valence-corrected chi connectivity index (χ1v) is 4.19. The molecule has 0 aliphatic carbocycles. The maximum Gasteiger partial charge on any atom is 0.417 e. The third-order valence-electron chi connectivity index (χ3n) is 1.99. The third kappa shape index (κ3) is 2.14. The lowest BCUT2D eigenvalue weighted by Gasteiger charge is -2.11. The van der Waals surface area contributed by atoms with Crippen LogP contribution >= 0.6 is 0 Å². The van der Waals surface area contributed by atoms with Gasteiger partial charge in [-0.15, -0.1) is 0 Å². The zero-order valence-electron chi connectivity index (χ0n) is 8.22. The number of hydrogen-bond donors (Lipinski definition) is 1. The Balaban J connectivity index is 3.55. The van der Waals surface area contributed by atoms with Gasteiger partial charge in [0, 0.05) is 11.3 Å². The molecule has 0 unspecified atom stereocenters. The van der Waals surface area contributed by atoms with E-state index >= 15 is 0 Å². The lowest BCUT2D eigenvalue weighted by molar-refractivity contribution is -0.137. The maximum absolute atomic E-state index is 12.5. The van der Waals surface area contributed by atoms with Gasteiger partial charge in [0.25, 0.3) is 0 Å². The van der Waals surface area contributed by atoms with Crippen molar-refractivity contribution in [2.45, 2.75) is 13.1 Å². The monoisotopic (exact) mass is 228 g/mol. The summed E-state index contributed by atoms with van der Waals surface area (Å²) in [5, 5.41) is 8.55. The van der Waals surface area contributed by atoms with Gasteiger partial charge < -0.3 is 5.73 Å². The number of halogens is 3. The van der Waals surface area contributed by atoms with Crippen LogP contribution in [0.4, 0.5) is 18.9 Å². The average molecular weight is 228 g/mol. The zero-order valence-corrected chi connectivity index (χ0v) is 8.22. The van der Waals surface area contributed by atoms with E-state index in [-0.39, 0.29) is 11.3 Å². The Morgan fingerprint density at radius 1 is 1.44 bits per heavy atom. The van der Waals surface area contributed by atoms with Crippen LogP contribution in [-0.4, -0.2) is 5.78 Å². The fraction of sp³-hybridized carbons (Fsp3) is 0.200. The van der Waals surface area contributed by atoms with Crippen molar-refractivity contribution in [1.29, 1.82) is 5.26 Å². The van der Waals surface area contributed by atoms with Crippen molar-refractivity contribution in [1.82, 2.24) is 0 Å². The molecule has 0 bridgehead atoms. The van der Waals surface area contributed by atoms with Crippen molar-refractivity contribution >= 4 is 11.5 Å². The number of Topliss-reactive ketones (excluding diaryl/α,β-unsaturated/α-hetero) is 1. The molecule has 0 saturated carbocycles. The highest BCUT2D eigenvalue weighted by atomic mass is 19.4. The van der Waals surface area contributed by atoms with Gasteiger partial charge in [-0.25, -0.2) is 0 Å². The summed E-state index contributed by atoms with van der Waals surface area (Å²) in [4.78, 5) is 11.0. The Morgan fingerprint density at radius 2 is 2.00 bits per heavy atom. The summed E-state index contributed by atoms with van der Waals surface area (Å²) in [5.41, 5.74) is 3.28. The van der Waals surface area contributed by atoms with E-state index < -0.39 is 23.1 Å².